The molecule has 0 aromatic heterocycles. The zero-order valence-corrected chi connectivity index (χ0v) is 13.8. The topological polar surface area (TPSA) is 18.5 Å². The van der Waals surface area contributed by atoms with Crippen LogP contribution < -0.4 is 9.47 Å². The SMILES string of the molecule is COc1ccc(OC)c(C(Br)C2CCCC2(C)C)c1. The van der Waals surface area contributed by atoms with Gasteiger partial charge in [0.05, 0.1) is 14.2 Å². The molecule has 1 fully saturated rings. The van der Waals surface area contributed by atoms with E-state index < -0.39 is 0 Å². The molecule has 1 aliphatic rings. The molecule has 1 aromatic carbocycles. The van der Waals surface area contributed by atoms with E-state index in [1.807, 2.05) is 12.1 Å². The van der Waals surface area contributed by atoms with Crippen molar-refractivity contribution >= 4 is 15.9 Å². The highest BCUT2D eigenvalue weighted by molar-refractivity contribution is 9.09. The molecule has 0 radical (unpaired) electrons. The molecule has 1 saturated carbocycles. The Kier molecular flexibility index (Phi) is 4.44. The van der Waals surface area contributed by atoms with Gasteiger partial charge in [0.25, 0.3) is 0 Å². The van der Waals surface area contributed by atoms with E-state index in [0.29, 0.717) is 16.2 Å². The highest BCUT2D eigenvalue weighted by atomic mass is 79.9. The van der Waals surface area contributed by atoms with E-state index in [9.17, 15) is 0 Å². The Labute approximate surface area is 124 Å². The lowest BCUT2D eigenvalue weighted by Crippen LogP contribution is -2.21. The Morgan fingerprint density at radius 2 is 2.00 bits per heavy atom. The van der Waals surface area contributed by atoms with Gasteiger partial charge in [0.2, 0.25) is 0 Å². The standard InChI is InChI=1S/C16H23BrO2/c1-16(2)9-5-6-13(16)15(17)12-10-11(18-3)7-8-14(12)19-4/h7-8,10,13,15H,5-6,9H2,1-4H3. The fourth-order valence-electron chi connectivity index (χ4n) is 3.17. The average molecular weight is 327 g/mol. The van der Waals surface area contributed by atoms with Gasteiger partial charge in [0, 0.05) is 10.4 Å². The summed E-state index contributed by atoms with van der Waals surface area (Å²) < 4.78 is 10.9. The van der Waals surface area contributed by atoms with Crippen molar-refractivity contribution in [2.24, 2.45) is 11.3 Å². The number of methoxy groups -OCH3 is 2. The van der Waals surface area contributed by atoms with Crippen LogP contribution in [0.15, 0.2) is 18.2 Å². The van der Waals surface area contributed by atoms with Crippen molar-refractivity contribution in [2.75, 3.05) is 14.2 Å². The highest BCUT2D eigenvalue weighted by Gasteiger charge is 2.40. The smallest absolute Gasteiger partial charge is 0.123 e. The number of benzene rings is 1. The number of halogens is 1. The molecule has 0 saturated heterocycles. The van der Waals surface area contributed by atoms with Crippen LogP contribution in [0.3, 0.4) is 0 Å². The predicted octanol–water partition coefficient (Wildman–Crippen LogP) is 4.97. The summed E-state index contributed by atoms with van der Waals surface area (Å²) in [4.78, 5) is 0.315. The van der Waals surface area contributed by atoms with Gasteiger partial charge >= 0.3 is 0 Å². The van der Waals surface area contributed by atoms with Crippen LogP contribution in [0.5, 0.6) is 11.5 Å². The summed E-state index contributed by atoms with van der Waals surface area (Å²) in [6.45, 7) is 4.73. The van der Waals surface area contributed by atoms with Crippen molar-refractivity contribution < 1.29 is 9.47 Å². The van der Waals surface area contributed by atoms with Crippen LogP contribution in [0.25, 0.3) is 0 Å². The van der Waals surface area contributed by atoms with Gasteiger partial charge in [-0.15, -0.1) is 0 Å². The van der Waals surface area contributed by atoms with Crippen LogP contribution in [0, 0.1) is 11.3 Å². The Bertz CT molecular complexity index is 442. The Morgan fingerprint density at radius 3 is 2.53 bits per heavy atom. The second-order valence-corrected chi connectivity index (χ2v) is 6.98. The summed E-state index contributed by atoms with van der Waals surface area (Å²) in [5, 5.41) is 0. The number of rotatable bonds is 4. The number of hydrogen-bond donors (Lipinski definition) is 0. The first-order valence-corrected chi connectivity index (χ1v) is 7.77. The van der Waals surface area contributed by atoms with E-state index in [1.165, 1.54) is 24.8 Å². The molecule has 19 heavy (non-hydrogen) atoms. The molecule has 0 heterocycles. The normalized spacial score (nSPS) is 23.1. The van der Waals surface area contributed by atoms with Gasteiger partial charge in [-0.05, 0) is 42.4 Å². The van der Waals surface area contributed by atoms with E-state index in [-0.39, 0.29) is 0 Å². The molecule has 0 N–H and O–H groups in total. The highest BCUT2D eigenvalue weighted by Crippen LogP contribution is 2.53. The van der Waals surface area contributed by atoms with Crippen molar-refractivity contribution in [3.63, 3.8) is 0 Å². The van der Waals surface area contributed by atoms with E-state index in [0.717, 1.165) is 11.5 Å². The van der Waals surface area contributed by atoms with Gasteiger partial charge in [-0.25, -0.2) is 0 Å². The lowest BCUT2D eigenvalue weighted by molar-refractivity contribution is 0.254. The molecule has 1 aliphatic carbocycles. The van der Waals surface area contributed by atoms with Crippen LogP contribution >= 0.6 is 15.9 Å². The first kappa shape index (κ1) is 14.7. The van der Waals surface area contributed by atoms with Crippen LogP contribution in [0.1, 0.15) is 43.5 Å². The first-order valence-electron chi connectivity index (χ1n) is 6.85. The summed E-state index contributed by atoms with van der Waals surface area (Å²) >= 11 is 3.91. The van der Waals surface area contributed by atoms with Gasteiger partial charge in [-0.3, -0.25) is 0 Å². The Morgan fingerprint density at radius 1 is 1.26 bits per heavy atom. The van der Waals surface area contributed by atoms with Crippen molar-refractivity contribution in [1.29, 1.82) is 0 Å². The molecular formula is C16H23BrO2. The number of hydrogen-bond acceptors (Lipinski definition) is 2. The maximum Gasteiger partial charge on any atom is 0.123 e. The maximum absolute atomic E-state index is 5.51. The van der Waals surface area contributed by atoms with Crippen molar-refractivity contribution in [2.45, 2.75) is 37.9 Å². The molecule has 0 bridgehead atoms. The zero-order chi connectivity index (χ0) is 14.0. The van der Waals surface area contributed by atoms with E-state index in [2.05, 4.69) is 35.8 Å². The first-order chi connectivity index (χ1) is 8.99. The largest absolute Gasteiger partial charge is 0.497 e. The Hall–Kier alpha value is -0.700. The summed E-state index contributed by atoms with van der Waals surface area (Å²) in [5.74, 6) is 2.45. The van der Waals surface area contributed by atoms with Gasteiger partial charge in [-0.2, -0.15) is 0 Å². The minimum Gasteiger partial charge on any atom is -0.497 e. The molecule has 1 aromatic rings. The molecule has 2 nitrogen and oxygen atoms in total. The van der Waals surface area contributed by atoms with Crippen molar-refractivity contribution in [3.05, 3.63) is 23.8 Å². The summed E-state index contributed by atoms with van der Waals surface area (Å²) in [7, 11) is 3.43. The molecule has 0 spiro atoms. The van der Waals surface area contributed by atoms with Gasteiger partial charge in [0.1, 0.15) is 11.5 Å². The minimum absolute atomic E-state index is 0.315. The Balaban J connectivity index is 2.34. The fourth-order valence-corrected chi connectivity index (χ4v) is 4.51. The lowest BCUT2D eigenvalue weighted by Gasteiger charge is -2.32. The second-order valence-electron chi connectivity index (χ2n) is 6.00. The van der Waals surface area contributed by atoms with Crippen LogP contribution in [0.2, 0.25) is 0 Å². The number of ether oxygens (including phenoxy) is 2. The van der Waals surface area contributed by atoms with Gasteiger partial charge in [-0.1, -0.05) is 36.2 Å². The zero-order valence-electron chi connectivity index (χ0n) is 12.2. The van der Waals surface area contributed by atoms with Crippen molar-refractivity contribution in [1.82, 2.24) is 0 Å². The van der Waals surface area contributed by atoms with E-state index in [1.54, 1.807) is 14.2 Å². The molecule has 106 valence electrons. The van der Waals surface area contributed by atoms with Gasteiger partial charge < -0.3 is 9.47 Å². The summed E-state index contributed by atoms with van der Waals surface area (Å²) in [6.07, 6.45) is 3.88. The second kappa shape index (κ2) is 5.74. The minimum atomic E-state index is 0.315. The fraction of sp³-hybridized carbons (Fsp3) is 0.625. The molecule has 3 heteroatoms. The van der Waals surface area contributed by atoms with Crippen LogP contribution in [-0.4, -0.2) is 14.2 Å². The van der Waals surface area contributed by atoms with Gasteiger partial charge in [0.15, 0.2) is 0 Å². The van der Waals surface area contributed by atoms with Crippen molar-refractivity contribution in [3.8, 4) is 11.5 Å². The quantitative estimate of drug-likeness (QED) is 0.727. The third-order valence-corrected chi connectivity index (χ3v) is 5.56. The molecule has 0 amide bonds. The summed E-state index contributed by atoms with van der Waals surface area (Å²) in [6, 6.07) is 6.03. The molecular weight excluding hydrogens is 304 g/mol. The molecule has 2 unspecified atom stereocenters. The lowest BCUT2D eigenvalue weighted by atomic mass is 9.78. The van der Waals surface area contributed by atoms with Crippen LogP contribution in [-0.2, 0) is 0 Å². The molecule has 2 atom stereocenters. The molecule has 2 rings (SSSR count). The maximum atomic E-state index is 5.51. The predicted molar refractivity (Wildman–Crippen MR) is 82.3 cm³/mol. The molecule has 0 aliphatic heterocycles. The van der Waals surface area contributed by atoms with E-state index in [4.69, 9.17) is 9.47 Å². The third-order valence-electron chi connectivity index (χ3n) is 4.43. The third kappa shape index (κ3) is 2.91. The average Bonchev–Trinajstić information content (AvgIpc) is 2.76. The monoisotopic (exact) mass is 326 g/mol. The number of alkyl halides is 1. The summed E-state index contributed by atoms with van der Waals surface area (Å²) in [5.41, 5.74) is 1.57. The van der Waals surface area contributed by atoms with Crippen LogP contribution in [0.4, 0.5) is 0 Å². The van der Waals surface area contributed by atoms with E-state index >= 15 is 0 Å².